The lowest BCUT2D eigenvalue weighted by atomic mass is 9.76. The van der Waals surface area contributed by atoms with Crippen LogP contribution in [0.25, 0.3) is 0 Å². The van der Waals surface area contributed by atoms with Crippen LogP contribution in [0.2, 0.25) is 0 Å². The first-order valence-corrected chi connectivity index (χ1v) is 6.33. The maximum atomic E-state index is 13.9. The van der Waals surface area contributed by atoms with Crippen LogP contribution in [-0.2, 0) is 18.4 Å². The van der Waals surface area contributed by atoms with E-state index in [4.69, 9.17) is 0 Å². The van der Waals surface area contributed by atoms with E-state index in [-0.39, 0.29) is 5.56 Å². The Morgan fingerprint density at radius 1 is 1.00 bits per heavy atom. The minimum absolute atomic E-state index is 0.184. The van der Waals surface area contributed by atoms with Gasteiger partial charge in [0.05, 0.1) is 5.60 Å². The standard InChI is InChI=1S/C16H14F2O/c17-13-5-6-14(15(18)9-13)16(19)8-7-11-3-1-2-4-12(11)10-16/h1-6,9,19H,7-8,10H2. The van der Waals surface area contributed by atoms with Crippen LogP contribution in [0.3, 0.4) is 0 Å². The van der Waals surface area contributed by atoms with Gasteiger partial charge in [0, 0.05) is 18.1 Å². The number of aliphatic hydroxyl groups is 1. The highest BCUT2D eigenvalue weighted by Crippen LogP contribution is 2.37. The van der Waals surface area contributed by atoms with Gasteiger partial charge in [-0.05, 0) is 30.0 Å². The molecule has 2 aromatic rings. The SMILES string of the molecule is OC1(c2ccc(F)cc2F)CCc2ccccc2C1. The monoisotopic (exact) mass is 260 g/mol. The van der Waals surface area contributed by atoms with Gasteiger partial charge in [0.25, 0.3) is 0 Å². The molecule has 1 nitrogen and oxygen atoms in total. The third-order valence-corrected chi connectivity index (χ3v) is 3.84. The molecule has 0 aliphatic heterocycles. The lowest BCUT2D eigenvalue weighted by Crippen LogP contribution is -2.34. The third-order valence-electron chi connectivity index (χ3n) is 3.84. The fraction of sp³-hybridized carbons (Fsp3) is 0.250. The van der Waals surface area contributed by atoms with Gasteiger partial charge in [0.15, 0.2) is 0 Å². The molecule has 0 spiro atoms. The smallest absolute Gasteiger partial charge is 0.132 e. The van der Waals surface area contributed by atoms with E-state index >= 15 is 0 Å². The summed E-state index contributed by atoms with van der Waals surface area (Å²) in [6.45, 7) is 0. The molecular weight excluding hydrogens is 246 g/mol. The van der Waals surface area contributed by atoms with E-state index < -0.39 is 17.2 Å². The van der Waals surface area contributed by atoms with E-state index in [1.165, 1.54) is 17.7 Å². The summed E-state index contributed by atoms with van der Waals surface area (Å²) in [5, 5.41) is 10.7. The molecule has 2 aromatic carbocycles. The van der Waals surface area contributed by atoms with Crippen molar-refractivity contribution < 1.29 is 13.9 Å². The number of aryl methyl sites for hydroxylation is 1. The topological polar surface area (TPSA) is 20.2 Å². The molecule has 3 rings (SSSR count). The van der Waals surface area contributed by atoms with E-state index in [0.29, 0.717) is 19.3 Å². The highest BCUT2D eigenvalue weighted by Gasteiger charge is 2.35. The molecule has 0 aromatic heterocycles. The van der Waals surface area contributed by atoms with Crippen LogP contribution in [-0.4, -0.2) is 5.11 Å². The van der Waals surface area contributed by atoms with Crippen molar-refractivity contribution in [3.63, 3.8) is 0 Å². The average molecular weight is 260 g/mol. The number of hydrogen-bond donors (Lipinski definition) is 1. The molecule has 3 heteroatoms. The van der Waals surface area contributed by atoms with Gasteiger partial charge in [0.2, 0.25) is 0 Å². The minimum atomic E-state index is -1.24. The maximum absolute atomic E-state index is 13.9. The summed E-state index contributed by atoms with van der Waals surface area (Å²) in [7, 11) is 0. The maximum Gasteiger partial charge on any atom is 0.132 e. The zero-order valence-corrected chi connectivity index (χ0v) is 10.4. The van der Waals surface area contributed by atoms with Crippen molar-refractivity contribution in [2.45, 2.75) is 24.9 Å². The first-order chi connectivity index (χ1) is 9.08. The van der Waals surface area contributed by atoms with E-state index in [9.17, 15) is 13.9 Å². The number of fused-ring (bicyclic) bond motifs is 1. The Bertz CT molecular complexity index is 624. The zero-order valence-electron chi connectivity index (χ0n) is 10.4. The Morgan fingerprint density at radius 2 is 1.74 bits per heavy atom. The van der Waals surface area contributed by atoms with Crippen LogP contribution >= 0.6 is 0 Å². The number of hydrogen-bond acceptors (Lipinski definition) is 1. The van der Waals surface area contributed by atoms with Crippen LogP contribution in [0.15, 0.2) is 42.5 Å². The van der Waals surface area contributed by atoms with Crippen molar-refractivity contribution in [3.05, 3.63) is 70.8 Å². The van der Waals surface area contributed by atoms with Crippen LogP contribution in [0, 0.1) is 11.6 Å². The molecule has 0 radical (unpaired) electrons. The minimum Gasteiger partial charge on any atom is -0.385 e. The quantitative estimate of drug-likeness (QED) is 0.833. The Hall–Kier alpha value is -1.74. The number of rotatable bonds is 1. The Kier molecular flexibility index (Phi) is 2.86. The Labute approximate surface area is 110 Å². The number of benzene rings is 2. The normalized spacial score (nSPS) is 22.1. The second-order valence-corrected chi connectivity index (χ2v) is 5.10. The molecule has 0 fully saturated rings. The fourth-order valence-corrected chi connectivity index (χ4v) is 2.82. The molecule has 1 atom stereocenters. The first-order valence-electron chi connectivity index (χ1n) is 6.33. The molecule has 1 N–H and O–H groups in total. The van der Waals surface area contributed by atoms with E-state index in [2.05, 4.69) is 0 Å². The lowest BCUT2D eigenvalue weighted by molar-refractivity contribution is 0.0187. The number of halogens is 2. The second kappa shape index (κ2) is 4.42. The largest absolute Gasteiger partial charge is 0.385 e. The van der Waals surface area contributed by atoms with E-state index in [1.807, 2.05) is 24.3 Å². The molecule has 0 bridgehead atoms. The molecule has 98 valence electrons. The van der Waals surface area contributed by atoms with Gasteiger partial charge < -0.3 is 5.11 Å². The molecule has 0 saturated heterocycles. The van der Waals surface area contributed by atoms with Crippen molar-refractivity contribution in [2.24, 2.45) is 0 Å². The molecule has 0 saturated carbocycles. The van der Waals surface area contributed by atoms with Crippen LogP contribution in [0.1, 0.15) is 23.1 Å². The Morgan fingerprint density at radius 3 is 2.47 bits per heavy atom. The van der Waals surface area contributed by atoms with Gasteiger partial charge in [0.1, 0.15) is 11.6 Å². The fourth-order valence-electron chi connectivity index (χ4n) is 2.82. The van der Waals surface area contributed by atoms with Gasteiger partial charge in [-0.2, -0.15) is 0 Å². The van der Waals surface area contributed by atoms with Gasteiger partial charge in [-0.25, -0.2) is 8.78 Å². The van der Waals surface area contributed by atoms with Crippen molar-refractivity contribution in [3.8, 4) is 0 Å². The summed E-state index contributed by atoms with van der Waals surface area (Å²) < 4.78 is 26.8. The third kappa shape index (κ3) is 2.15. The molecular formula is C16H14F2O. The predicted molar refractivity (Wildman–Crippen MR) is 68.7 cm³/mol. The van der Waals surface area contributed by atoms with Gasteiger partial charge in [-0.3, -0.25) is 0 Å². The van der Waals surface area contributed by atoms with Crippen molar-refractivity contribution in [1.82, 2.24) is 0 Å². The highest BCUT2D eigenvalue weighted by molar-refractivity contribution is 5.36. The predicted octanol–water partition coefficient (Wildman–Crippen LogP) is 3.34. The summed E-state index contributed by atoms with van der Waals surface area (Å²) >= 11 is 0. The van der Waals surface area contributed by atoms with Crippen LogP contribution < -0.4 is 0 Å². The van der Waals surface area contributed by atoms with Gasteiger partial charge >= 0.3 is 0 Å². The summed E-state index contributed by atoms with van der Waals surface area (Å²) in [4.78, 5) is 0. The second-order valence-electron chi connectivity index (χ2n) is 5.10. The van der Waals surface area contributed by atoms with E-state index in [1.54, 1.807) is 0 Å². The van der Waals surface area contributed by atoms with Crippen molar-refractivity contribution in [2.75, 3.05) is 0 Å². The summed E-state index contributed by atoms with van der Waals surface area (Å²) in [6, 6.07) is 11.2. The Balaban J connectivity index is 2.01. The van der Waals surface area contributed by atoms with E-state index in [0.717, 1.165) is 11.6 Å². The van der Waals surface area contributed by atoms with Gasteiger partial charge in [-0.15, -0.1) is 0 Å². The van der Waals surface area contributed by atoms with Crippen molar-refractivity contribution >= 4 is 0 Å². The lowest BCUT2D eigenvalue weighted by Gasteiger charge is -2.34. The molecule has 0 amide bonds. The highest BCUT2D eigenvalue weighted by atomic mass is 19.1. The van der Waals surface area contributed by atoms with Crippen molar-refractivity contribution in [1.29, 1.82) is 0 Å². The van der Waals surface area contributed by atoms with Crippen LogP contribution in [0.5, 0.6) is 0 Å². The molecule has 1 aliphatic rings. The summed E-state index contributed by atoms with van der Waals surface area (Å²) in [5.74, 6) is -1.30. The van der Waals surface area contributed by atoms with Gasteiger partial charge in [-0.1, -0.05) is 30.3 Å². The average Bonchev–Trinajstić information content (AvgIpc) is 2.38. The molecule has 0 heterocycles. The van der Waals surface area contributed by atoms with Crippen LogP contribution in [0.4, 0.5) is 8.78 Å². The molecule has 1 unspecified atom stereocenters. The summed E-state index contributed by atoms with van der Waals surface area (Å²) in [6.07, 6.45) is 1.52. The molecule has 19 heavy (non-hydrogen) atoms. The summed E-state index contributed by atoms with van der Waals surface area (Å²) in [5.41, 5.74) is 1.16. The molecule has 1 aliphatic carbocycles. The first kappa shape index (κ1) is 12.3. The zero-order chi connectivity index (χ0) is 13.5.